The standard InChI is InChI=1S/C13H15F3/c1-12(2,3)11-6-4-10(5-7-11)8-9-13(14,15)16/h4-9H,1-3H3/b9-8-. The number of benzene rings is 1. The summed E-state index contributed by atoms with van der Waals surface area (Å²) in [6.07, 6.45) is -2.92. The van der Waals surface area contributed by atoms with Gasteiger partial charge in [-0.15, -0.1) is 0 Å². The summed E-state index contributed by atoms with van der Waals surface area (Å²) in [5.41, 5.74) is 1.69. The van der Waals surface area contributed by atoms with Crippen LogP contribution in [0.25, 0.3) is 6.08 Å². The van der Waals surface area contributed by atoms with Gasteiger partial charge < -0.3 is 0 Å². The Balaban J connectivity index is 2.85. The maximum absolute atomic E-state index is 11.9. The van der Waals surface area contributed by atoms with Gasteiger partial charge in [-0.3, -0.25) is 0 Å². The van der Waals surface area contributed by atoms with E-state index in [9.17, 15) is 13.2 Å². The molecule has 16 heavy (non-hydrogen) atoms. The van der Waals surface area contributed by atoms with Crippen molar-refractivity contribution in [3.63, 3.8) is 0 Å². The lowest BCUT2D eigenvalue weighted by molar-refractivity contribution is -0.0790. The molecular formula is C13H15F3. The summed E-state index contributed by atoms with van der Waals surface area (Å²) in [6.45, 7) is 6.19. The normalized spacial score (nSPS) is 13.4. The molecule has 1 aromatic rings. The van der Waals surface area contributed by atoms with Crippen LogP contribution in [-0.4, -0.2) is 6.18 Å². The van der Waals surface area contributed by atoms with Gasteiger partial charge in [0.2, 0.25) is 0 Å². The highest BCUT2D eigenvalue weighted by molar-refractivity contribution is 5.50. The van der Waals surface area contributed by atoms with Crippen LogP contribution in [0.2, 0.25) is 0 Å². The molecule has 0 unspecified atom stereocenters. The van der Waals surface area contributed by atoms with Crippen molar-refractivity contribution in [1.82, 2.24) is 0 Å². The van der Waals surface area contributed by atoms with Crippen LogP contribution in [-0.2, 0) is 5.41 Å². The number of hydrogen-bond donors (Lipinski definition) is 0. The number of alkyl halides is 3. The SMILES string of the molecule is CC(C)(C)c1ccc(/C=C\C(F)(F)F)cc1. The fourth-order valence-electron chi connectivity index (χ4n) is 1.28. The van der Waals surface area contributed by atoms with Crippen LogP contribution in [0.1, 0.15) is 31.9 Å². The van der Waals surface area contributed by atoms with Crippen molar-refractivity contribution in [3.8, 4) is 0 Å². The highest BCUT2D eigenvalue weighted by Gasteiger charge is 2.21. The Morgan fingerprint density at radius 1 is 0.938 bits per heavy atom. The smallest absolute Gasteiger partial charge is 0.167 e. The first-order chi connectivity index (χ1) is 7.18. The van der Waals surface area contributed by atoms with Gasteiger partial charge in [-0.05, 0) is 16.5 Å². The molecule has 0 N–H and O–H groups in total. The van der Waals surface area contributed by atoms with Gasteiger partial charge in [0.15, 0.2) is 0 Å². The zero-order chi connectivity index (χ0) is 12.4. The summed E-state index contributed by atoms with van der Waals surface area (Å²) in [7, 11) is 0. The predicted molar refractivity (Wildman–Crippen MR) is 60.2 cm³/mol. The molecule has 1 rings (SSSR count). The molecule has 0 aliphatic carbocycles. The van der Waals surface area contributed by atoms with Crippen molar-refractivity contribution in [3.05, 3.63) is 41.5 Å². The summed E-state index contributed by atoms with van der Waals surface area (Å²) < 4.78 is 35.8. The highest BCUT2D eigenvalue weighted by atomic mass is 19.4. The fourth-order valence-corrected chi connectivity index (χ4v) is 1.28. The molecule has 0 fully saturated rings. The molecule has 0 aliphatic heterocycles. The van der Waals surface area contributed by atoms with E-state index in [0.29, 0.717) is 5.56 Å². The Kier molecular flexibility index (Phi) is 3.46. The zero-order valence-corrected chi connectivity index (χ0v) is 9.60. The topological polar surface area (TPSA) is 0 Å². The second-order valence-electron chi connectivity index (χ2n) is 4.75. The van der Waals surface area contributed by atoms with E-state index in [1.807, 2.05) is 12.1 Å². The van der Waals surface area contributed by atoms with Crippen molar-refractivity contribution in [2.75, 3.05) is 0 Å². The molecule has 0 nitrogen and oxygen atoms in total. The second-order valence-corrected chi connectivity index (χ2v) is 4.75. The Labute approximate surface area is 93.8 Å². The van der Waals surface area contributed by atoms with Crippen LogP contribution < -0.4 is 0 Å². The lowest BCUT2D eigenvalue weighted by Crippen LogP contribution is -2.10. The van der Waals surface area contributed by atoms with E-state index < -0.39 is 6.18 Å². The fraction of sp³-hybridized carbons (Fsp3) is 0.385. The third-order valence-electron chi connectivity index (χ3n) is 2.24. The van der Waals surface area contributed by atoms with Crippen LogP contribution in [0.5, 0.6) is 0 Å². The Hall–Kier alpha value is -1.25. The van der Waals surface area contributed by atoms with E-state index in [1.165, 1.54) is 0 Å². The first kappa shape index (κ1) is 12.8. The molecule has 0 spiro atoms. The number of allylic oxidation sites excluding steroid dienone is 1. The molecule has 0 bridgehead atoms. The summed E-state index contributed by atoms with van der Waals surface area (Å²) in [6, 6.07) is 7.11. The molecule has 0 amide bonds. The maximum Gasteiger partial charge on any atom is 0.409 e. The molecule has 0 aromatic heterocycles. The monoisotopic (exact) mass is 228 g/mol. The van der Waals surface area contributed by atoms with E-state index in [1.54, 1.807) is 12.1 Å². The van der Waals surface area contributed by atoms with Crippen LogP contribution in [0.4, 0.5) is 13.2 Å². The van der Waals surface area contributed by atoms with Gasteiger partial charge >= 0.3 is 6.18 Å². The lowest BCUT2D eigenvalue weighted by atomic mass is 9.87. The minimum Gasteiger partial charge on any atom is -0.167 e. The summed E-state index contributed by atoms with van der Waals surface area (Å²) in [4.78, 5) is 0. The van der Waals surface area contributed by atoms with Gasteiger partial charge in [0.1, 0.15) is 0 Å². The first-order valence-corrected chi connectivity index (χ1v) is 5.05. The average Bonchev–Trinajstić information content (AvgIpc) is 2.13. The number of rotatable bonds is 1. The lowest BCUT2D eigenvalue weighted by Gasteiger charge is -2.18. The summed E-state index contributed by atoms with van der Waals surface area (Å²) in [5.74, 6) is 0. The largest absolute Gasteiger partial charge is 0.409 e. The third kappa shape index (κ3) is 4.09. The number of halogens is 3. The average molecular weight is 228 g/mol. The molecule has 1 aromatic carbocycles. The van der Waals surface area contributed by atoms with E-state index in [2.05, 4.69) is 20.8 Å². The van der Waals surface area contributed by atoms with Gasteiger partial charge in [0.05, 0.1) is 0 Å². The minimum absolute atomic E-state index is 0.0201. The Bertz CT molecular complexity index is 364. The van der Waals surface area contributed by atoms with Gasteiger partial charge in [-0.1, -0.05) is 51.1 Å². The molecule has 0 atom stereocenters. The summed E-state index contributed by atoms with van der Waals surface area (Å²) in [5, 5.41) is 0. The van der Waals surface area contributed by atoms with E-state index in [4.69, 9.17) is 0 Å². The quantitative estimate of drug-likeness (QED) is 0.661. The van der Waals surface area contributed by atoms with Crippen LogP contribution >= 0.6 is 0 Å². The van der Waals surface area contributed by atoms with E-state index >= 15 is 0 Å². The summed E-state index contributed by atoms with van der Waals surface area (Å²) >= 11 is 0. The first-order valence-electron chi connectivity index (χ1n) is 5.05. The maximum atomic E-state index is 11.9. The van der Waals surface area contributed by atoms with Gasteiger partial charge in [0.25, 0.3) is 0 Å². The second kappa shape index (κ2) is 4.32. The molecule has 0 heterocycles. The van der Waals surface area contributed by atoms with Crippen molar-refractivity contribution in [2.24, 2.45) is 0 Å². The molecule has 3 heteroatoms. The molecule has 0 aliphatic rings. The number of hydrogen-bond acceptors (Lipinski definition) is 0. The molecule has 0 saturated heterocycles. The molecule has 0 radical (unpaired) electrons. The Morgan fingerprint density at radius 2 is 1.44 bits per heavy atom. The zero-order valence-electron chi connectivity index (χ0n) is 9.60. The molecular weight excluding hydrogens is 213 g/mol. The third-order valence-corrected chi connectivity index (χ3v) is 2.24. The van der Waals surface area contributed by atoms with Crippen LogP contribution in [0, 0.1) is 0 Å². The molecule has 88 valence electrons. The van der Waals surface area contributed by atoms with Crippen molar-refractivity contribution < 1.29 is 13.2 Å². The Morgan fingerprint density at radius 3 is 1.81 bits per heavy atom. The van der Waals surface area contributed by atoms with Gasteiger partial charge in [-0.2, -0.15) is 13.2 Å². The molecule has 0 saturated carbocycles. The van der Waals surface area contributed by atoms with E-state index in [-0.39, 0.29) is 11.5 Å². The van der Waals surface area contributed by atoms with E-state index in [0.717, 1.165) is 11.6 Å². The van der Waals surface area contributed by atoms with Crippen molar-refractivity contribution in [1.29, 1.82) is 0 Å². The van der Waals surface area contributed by atoms with Crippen LogP contribution in [0.3, 0.4) is 0 Å². The van der Waals surface area contributed by atoms with Crippen molar-refractivity contribution in [2.45, 2.75) is 32.4 Å². The highest BCUT2D eigenvalue weighted by Crippen LogP contribution is 2.23. The van der Waals surface area contributed by atoms with Gasteiger partial charge in [-0.25, -0.2) is 0 Å². The van der Waals surface area contributed by atoms with Crippen LogP contribution in [0.15, 0.2) is 30.3 Å². The predicted octanol–water partition coefficient (Wildman–Crippen LogP) is 4.56. The van der Waals surface area contributed by atoms with Crippen molar-refractivity contribution >= 4 is 6.08 Å². The van der Waals surface area contributed by atoms with Gasteiger partial charge in [0, 0.05) is 6.08 Å². The minimum atomic E-state index is -4.25.